The summed E-state index contributed by atoms with van der Waals surface area (Å²) in [5.74, 6) is -0.604. The number of sulfonamides is 1. The number of ether oxygens (including phenoxy) is 1. The zero-order valence-electron chi connectivity index (χ0n) is 11.1. The summed E-state index contributed by atoms with van der Waals surface area (Å²) in [4.78, 5) is -0.0692. The Balaban J connectivity index is 2.81. The molecule has 7 heteroatoms. The summed E-state index contributed by atoms with van der Waals surface area (Å²) in [6.07, 6.45) is 0.0428. The summed E-state index contributed by atoms with van der Waals surface area (Å²) in [5, 5.41) is 0. The first-order chi connectivity index (χ1) is 8.75. The number of hydrogen-bond acceptors (Lipinski definition) is 3. The molecule has 1 rings (SSSR count). The first-order valence-electron chi connectivity index (χ1n) is 5.78. The Morgan fingerprint density at radius 3 is 2.58 bits per heavy atom. The lowest BCUT2D eigenvalue weighted by molar-refractivity contribution is 0.0737. The van der Waals surface area contributed by atoms with Crippen LogP contribution in [0, 0.1) is 5.82 Å². The quantitative estimate of drug-likeness (QED) is 0.789. The molecule has 19 heavy (non-hydrogen) atoms. The van der Waals surface area contributed by atoms with Crippen LogP contribution in [0.25, 0.3) is 0 Å². The zero-order valence-corrected chi connectivity index (χ0v) is 13.5. The average molecular weight is 354 g/mol. The summed E-state index contributed by atoms with van der Waals surface area (Å²) in [6, 6.07) is 3.74. The normalized spacial score (nSPS) is 12.4. The molecule has 0 radical (unpaired) electrons. The Morgan fingerprint density at radius 1 is 1.42 bits per heavy atom. The van der Waals surface area contributed by atoms with Crippen LogP contribution in [-0.2, 0) is 14.8 Å². The standard InChI is InChI=1S/C12H17BrFNO3S/c1-9(2)18-7-6-15(3)19(16,17)10-4-5-11(13)12(14)8-10/h4-5,8-9H,6-7H2,1-3H3. The molecule has 0 bridgehead atoms. The van der Waals surface area contributed by atoms with Crippen molar-refractivity contribution in [3.8, 4) is 0 Å². The van der Waals surface area contributed by atoms with E-state index in [1.807, 2.05) is 13.8 Å². The van der Waals surface area contributed by atoms with E-state index in [1.54, 1.807) is 0 Å². The van der Waals surface area contributed by atoms with Crippen LogP contribution in [0.4, 0.5) is 4.39 Å². The molecule has 0 atom stereocenters. The van der Waals surface area contributed by atoms with Crippen LogP contribution < -0.4 is 0 Å². The Kier molecular flexibility index (Phi) is 5.91. The van der Waals surface area contributed by atoms with Crippen molar-refractivity contribution in [1.82, 2.24) is 4.31 Å². The fraction of sp³-hybridized carbons (Fsp3) is 0.500. The molecule has 0 N–H and O–H groups in total. The van der Waals surface area contributed by atoms with Crippen molar-refractivity contribution in [2.45, 2.75) is 24.8 Å². The third-order valence-electron chi connectivity index (χ3n) is 2.46. The third kappa shape index (κ3) is 4.52. The van der Waals surface area contributed by atoms with Crippen LogP contribution in [-0.4, -0.2) is 39.0 Å². The van der Waals surface area contributed by atoms with Gasteiger partial charge in [0.15, 0.2) is 0 Å². The summed E-state index contributed by atoms with van der Waals surface area (Å²) in [5.41, 5.74) is 0. The highest BCUT2D eigenvalue weighted by molar-refractivity contribution is 9.10. The Morgan fingerprint density at radius 2 is 2.05 bits per heavy atom. The SMILES string of the molecule is CC(C)OCCN(C)S(=O)(=O)c1ccc(Br)c(F)c1. The summed E-state index contributed by atoms with van der Waals surface area (Å²) in [7, 11) is -2.24. The highest BCUT2D eigenvalue weighted by atomic mass is 79.9. The van der Waals surface area contributed by atoms with Crippen LogP contribution in [0.15, 0.2) is 27.6 Å². The lowest BCUT2D eigenvalue weighted by atomic mass is 10.3. The molecule has 0 heterocycles. The maximum atomic E-state index is 13.4. The van der Waals surface area contributed by atoms with Gasteiger partial charge in [0.05, 0.1) is 22.1 Å². The third-order valence-corrected chi connectivity index (χ3v) is 4.95. The minimum absolute atomic E-state index is 0.0428. The number of halogens is 2. The molecule has 0 aliphatic heterocycles. The molecule has 0 unspecified atom stereocenters. The molecule has 1 aromatic rings. The first kappa shape index (κ1) is 16.6. The Bertz CT molecular complexity index is 534. The van der Waals surface area contributed by atoms with Gasteiger partial charge < -0.3 is 4.74 Å². The van der Waals surface area contributed by atoms with E-state index in [2.05, 4.69) is 15.9 Å². The van der Waals surface area contributed by atoms with Gasteiger partial charge in [-0.2, -0.15) is 4.31 Å². The van der Waals surface area contributed by atoms with Gasteiger partial charge in [0.25, 0.3) is 0 Å². The molecule has 0 amide bonds. The first-order valence-corrected chi connectivity index (χ1v) is 8.01. The summed E-state index contributed by atoms with van der Waals surface area (Å²) < 4.78 is 44.4. The number of likely N-dealkylation sites (N-methyl/N-ethyl adjacent to an activating group) is 1. The highest BCUT2D eigenvalue weighted by Crippen LogP contribution is 2.21. The molecule has 0 aliphatic rings. The largest absolute Gasteiger partial charge is 0.377 e. The van der Waals surface area contributed by atoms with Crippen molar-refractivity contribution < 1.29 is 17.5 Å². The second-order valence-electron chi connectivity index (χ2n) is 4.32. The predicted molar refractivity (Wildman–Crippen MR) is 75.0 cm³/mol. The Hall–Kier alpha value is -0.500. The van der Waals surface area contributed by atoms with Crippen molar-refractivity contribution in [1.29, 1.82) is 0 Å². The van der Waals surface area contributed by atoms with Crippen LogP contribution in [0.5, 0.6) is 0 Å². The van der Waals surface area contributed by atoms with Gasteiger partial charge >= 0.3 is 0 Å². The van der Waals surface area contributed by atoms with E-state index in [4.69, 9.17) is 4.74 Å². The highest BCUT2D eigenvalue weighted by Gasteiger charge is 2.21. The smallest absolute Gasteiger partial charge is 0.242 e. The van der Waals surface area contributed by atoms with E-state index >= 15 is 0 Å². The Labute approximate surface area is 121 Å². The molecular formula is C12H17BrFNO3S. The molecule has 0 aliphatic carbocycles. The number of nitrogens with zero attached hydrogens (tertiary/aromatic N) is 1. The van der Waals surface area contributed by atoms with Crippen LogP contribution in [0.2, 0.25) is 0 Å². The minimum Gasteiger partial charge on any atom is -0.377 e. The molecule has 0 aromatic heterocycles. The van der Waals surface area contributed by atoms with E-state index < -0.39 is 15.8 Å². The minimum atomic E-state index is -3.68. The van der Waals surface area contributed by atoms with Gasteiger partial charge in [-0.15, -0.1) is 0 Å². The molecule has 108 valence electrons. The van der Waals surface area contributed by atoms with Crippen molar-refractivity contribution in [3.05, 3.63) is 28.5 Å². The fourth-order valence-corrected chi connectivity index (χ4v) is 2.77. The van der Waals surface area contributed by atoms with Gasteiger partial charge in [-0.25, -0.2) is 12.8 Å². The van der Waals surface area contributed by atoms with Gasteiger partial charge in [-0.1, -0.05) is 0 Å². The van der Waals surface area contributed by atoms with Crippen LogP contribution >= 0.6 is 15.9 Å². The summed E-state index contributed by atoms with van der Waals surface area (Å²) >= 11 is 2.99. The maximum absolute atomic E-state index is 13.4. The maximum Gasteiger partial charge on any atom is 0.242 e. The van der Waals surface area contributed by atoms with Crippen molar-refractivity contribution in [3.63, 3.8) is 0 Å². The molecular weight excluding hydrogens is 337 g/mol. The van der Waals surface area contributed by atoms with Gasteiger partial charge in [-0.3, -0.25) is 0 Å². The van der Waals surface area contributed by atoms with Crippen LogP contribution in [0.1, 0.15) is 13.8 Å². The second-order valence-corrected chi connectivity index (χ2v) is 7.22. The fourth-order valence-electron chi connectivity index (χ4n) is 1.35. The van der Waals surface area contributed by atoms with E-state index in [9.17, 15) is 12.8 Å². The van der Waals surface area contributed by atoms with Crippen molar-refractivity contribution >= 4 is 26.0 Å². The number of rotatable bonds is 6. The zero-order chi connectivity index (χ0) is 14.6. The number of hydrogen-bond donors (Lipinski definition) is 0. The molecule has 4 nitrogen and oxygen atoms in total. The number of benzene rings is 1. The van der Waals surface area contributed by atoms with Crippen molar-refractivity contribution in [2.75, 3.05) is 20.2 Å². The van der Waals surface area contributed by atoms with Gasteiger partial charge in [0, 0.05) is 13.6 Å². The van der Waals surface area contributed by atoms with Gasteiger partial charge in [0.1, 0.15) is 5.82 Å². The van der Waals surface area contributed by atoms with E-state index in [0.717, 1.165) is 10.4 Å². The summed E-state index contributed by atoms with van der Waals surface area (Å²) in [6.45, 7) is 4.27. The predicted octanol–water partition coefficient (Wildman–Crippen LogP) is 2.63. The molecule has 0 saturated heterocycles. The second kappa shape index (κ2) is 6.78. The molecule has 1 aromatic carbocycles. The topological polar surface area (TPSA) is 46.6 Å². The average Bonchev–Trinajstić information content (AvgIpc) is 2.31. The lowest BCUT2D eigenvalue weighted by Gasteiger charge is -2.18. The van der Waals surface area contributed by atoms with Crippen molar-refractivity contribution in [2.24, 2.45) is 0 Å². The van der Waals surface area contributed by atoms with E-state index in [0.29, 0.717) is 6.61 Å². The lowest BCUT2D eigenvalue weighted by Crippen LogP contribution is -2.31. The monoisotopic (exact) mass is 353 g/mol. The van der Waals surface area contributed by atoms with Gasteiger partial charge in [-0.05, 0) is 48.0 Å². The molecule has 0 saturated carbocycles. The van der Waals surface area contributed by atoms with Crippen LogP contribution in [0.3, 0.4) is 0 Å². The van der Waals surface area contributed by atoms with Gasteiger partial charge in [0.2, 0.25) is 10.0 Å². The molecule has 0 fully saturated rings. The van der Waals surface area contributed by atoms with E-state index in [-0.39, 0.29) is 22.0 Å². The molecule has 0 spiro atoms. The van der Waals surface area contributed by atoms with E-state index in [1.165, 1.54) is 19.2 Å².